The maximum Gasteiger partial charge on any atom is 1.00 e. The van der Waals surface area contributed by atoms with Gasteiger partial charge in [0.05, 0.1) is 36.0 Å². The molecule has 1 aliphatic rings. The molecule has 1 fully saturated rings. The Hall–Kier alpha value is -5.36. The molecule has 0 spiro atoms. The van der Waals surface area contributed by atoms with Crippen LogP contribution in [0.1, 0.15) is 86.2 Å². The average Bonchev–Trinajstić information content (AvgIpc) is 4.00. The number of carbonyl (C=O) groups is 3. The van der Waals surface area contributed by atoms with E-state index in [2.05, 4.69) is 24.4 Å². The van der Waals surface area contributed by atoms with Crippen LogP contribution in [0.4, 0.5) is 5.82 Å². The van der Waals surface area contributed by atoms with Crippen LogP contribution < -0.4 is 49.9 Å². The zero-order chi connectivity index (χ0) is 39.5. The molecule has 1 saturated heterocycles. The smallest absolute Gasteiger partial charge is 0.540 e. The third-order valence-corrected chi connectivity index (χ3v) is 7.98. The second kappa shape index (κ2) is 20.5. The van der Waals surface area contributed by atoms with Gasteiger partial charge >= 0.3 is 29.6 Å². The van der Waals surface area contributed by atoms with Crippen molar-refractivity contribution in [1.82, 2.24) is 29.3 Å². The Morgan fingerprint density at radius 2 is 1.38 bits per heavy atom. The monoisotopic (exact) mass is 779 g/mol. The molecule has 2 N–H and O–H groups in total. The largest absolute Gasteiger partial charge is 1.00 e. The number of carboxylic acid groups (broad SMARTS) is 1. The molecule has 290 valence electrons. The SMILES string of the molecule is CCOc1cc(N)ncc1CC(=O)c1nc(C)co1.CCOc1cc2nc(CC3CCOC3)cn2cc1CC(=O)c1nc(C)co1.Cc1coc(C(=O)[O-])n1.[Na+]. The van der Waals surface area contributed by atoms with Crippen molar-refractivity contribution in [1.29, 1.82) is 0 Å². The standard InChI is InChI=1S/C20H23N3O4.C13H15N3O3.C5H5NO3.Na/c1-3-26-18-8-19-22-16(6-14-4-5-25-12-14)10-23(19)9-15(18)7-17(24)20-21-13(2)11-27-20;1-3-18-11-5-12(14)15-6-9(11)4-10(17)13-16-8(2)7-19-13;1-3-2-9-4(6-3)5(7)8;/h8-11,14H,3-7,12H2,1-2H3;5-7H,3-4H2,1-2H3,(H2,14,15);2H,1H3,(H,7,8);/q;;;+1/p-1. The van der Waals surface area contributed by atoms with Crippen LogP contribution in [0, 0.1) is 26.7 Å². The molecule has 1 unspecified atom stereocenters. The number of carboxylic acids is 1. The van der Waals surface area contributed by atoms with E-state index < -0.39 is 5.97 Å². The van der Waals surface area contributed by atoms with Gasteiger partial charge in [-0.3, -0.25) is 9.59 Å². The predicted molar refractivity (Wildman–Crippen MR) is 193 cm³/mol. The molecule has 6 aromatic rings. The molecular formula is C38H42N7NaO10. The van der Waals surface area contributed by atoms with E-state index in [9.17, 15) is 19.5 Å². The molecule has 7 rings (SSSR count). The number of Topliss-reactive ketones (excluding diaryl/α,β-unsaturated/α-hetero) is 2. The molecule has 0 radical (unpaired) electrons. The van der Waals surface area contributed by atoms with E-state index in [4.69, 9.17) is 33.8 Å². The first-order valence-electron chi connectivity index (χ1n) is 17.5. The first-order valence-corrected chi connectivity index (χ1v) is 17.5. The molecule has 18 heteroatoms. The summed E-state index contributed by atoms with van der Waals surface area (Å²) in [6.07, 6.45) is 11.9. The Kier molecular flexibility index (Phi) is 15.9. The summed E-state index contributed by atoms with van der Waals surface area (Å²) in [7, 11) is 0. The second-order valence-electron chi connectivity index (χ2n) is 12.5. The number of ketones is 2. The van der Waals surface area contributed by atoms with E-state index in [1.165, 1.54) is 25.0 Å². The number of imidazole rings is 1. The van der Waals surface area contributed by atoms with E-state index in [1.54, 1.807) is 26.8 Å². The van der Waals surface area contributed by atoms with Crippen LogP contribution in [0.5, 0.6) is 11.5 Å². The molecule has 0 amide bonds. The number of aromatic nitrogens is 6. The minimum atomic E-state index is -1.39. The van der Waals surface area contributed by atoms with E-state index in [1.807, 2.05) is 36.7 Å². The van der Waals surface area contributed by atoms with E-state index in [0.717, 1.165) is 43.0 Å². The number of rotatable bonds is 13. The third kappa shape index (κ3) is 12.1. The summed E-state index contributed by atoms with van der Waals surface area (Å²) in [6.45, 7) is 11.6. The molecule has 6 aromatic heterocycles. The van der Waals surface area contributed by atoms with Gasteiger partial charge in [0.1, 0.15) is 47.7 Å². The summed E-state index contributed by atoms with van der Waals surface area (Å²) in [5.74, 6) is 0.180. The van der Waals surface area contributed by atoms with Gasteiger partial charge in [-0.05, 0) is 53.4 Å². The molecule has 7 heterocycles. The molecule has 0 bridgehead atoms. The van der Waals surface area contributed by atoms with Crippen molar-refractivity contribution in [2.24, 2.45) is 5.92 Å². The van der Waals surface area contributed by atoms with Gasteiger partial charge in [0.2, 0.25) is 17.5 Å². The number of nitrogens with two attached hydrogens (primary N) is 1. The van der Waals surface area contributed by atoms with Gasteiger partial charge in [-0.15, -0.1) is 0 Å². The van der Waals surface area contributed by atoms with Crippen molar-refractivity contribution in [2.75, 3.05) is 32.2 Å². The van der Waals surface area contributed by atoms with Crippen molar-refractivity contribution < 1.29 is 76.5 Å². The number of oxazole rings is 3. The Balaban J connectivity index is 0.000000208. The predicted octanol–water partition coefficient (Wildman–Crippen LogP) is 1.17. The summed E-state index contributed by atoms with van der Waals surface area (Å²) in [4.78, 5) is 54.7. The topological polar surface area (TPSA) is 236 Å². The Bertz CT molecular complexity index is 2240. The number of hydrogen-bond donors (Lipinski definition) is 1. The van der Waals surface area contributed by atoms with E-state index in [0.29, 0.717) is 59.1 Å². The molecule has 56 heavy (non-hydrogen) atoms. The number of aryl methyl sites for hydroxylation is 3. The van der Waals surface area contributed by atoms with E-state index in [-0.39, 0.29) is 71.6 Å². The fraction of sp³-hybridized carbons (Fsp3) is 0.368. The van der Waals surface area contributed by atoms with Gasteiger partial charge in [-0.1, -0.05) is 0 Å². The molecule has 0 aliphatic carbocycles. The maximum absolute atomic E-state index is 12.5. The number of ether oxygens (including phenoxy) is 3. The molecule has 1 atom stereocenters. The number of aromatic carboxylic acids is 1. The number of anilines is 1. The summed E-state index contributed by atoms with van der Waals surface area (Å²) >= 11 is 0. The number of nitrogens with zero attached hydrogens (tertiary/aromatic N) is 6. The van der Waals surface area contributed by atoms with Gasteiger partial charge < -0.3 is 47.5 Å². The van der Waals surface area contributed by atoms with Gasteiger partial charge in [-0.25, -0.2) is 24.9 Å². The molecule has 0 aromatic carbocycles. The molecule has 1 aliphatic heterocycles. The Morgan fingerprint density at radius 1 is 0.821 bits per heavy atom. The average molecular weight is 780 g/mol. The van der Waals surface area contributed by atoms with E-state index >= 15 is 0 Å². The number of nitrogen functional groups attached to an aromatic ring is 1. The van der Waals surface area contributed by atoms with Crippen LogP contribution in [0.3, 0.4) is 0 Å². The van der Waals surface area contributed by atoms with Crippen LogP contribution in [-0.2, 0) is 24.0 Å². The normalized spacial score (nSPS) is 13.2. The van der Waals surface area contributed by atoms with Crippen molar-refractivity contribution in [3.05, 3.63) is 101 Å². The Labute approximate surface area is 344 Å². The Morgan fingerprint density at radius 3 is 1.86 bits per heavy atom. The number of pyridine rings is 2. The van der Waals surface area contributed by atoms with Gasteiger partial charge in [0.25, 0.3) is 11.8 Å². The fourth-order valence-corrected chi connectivity index (χ4v) is 5.49. The maximum atomic E-state index is 12.5. The summed E-state index contributed by atoms with van der Waals surface area (Å²) in [5, 5.41) is 9.95. The quantitative estimate of drug-likeness (QED) is 0.128. The van der Waals surface area contributed by atoms with Gasteiger partial charge in [-0.2, -0.15) is 0 Å². The second-order valence-corrected chi connectivity index (χ2v) is 12.5. The zero-order valence-corrected chi connectivity index (χ0v) is 34.2. The van der Waals surface area contributed by atoms with Crippen LogP contribution in [-0.4, -0.2) is 73.3 Å². The minimum Gasteiger partial charge on any atom is -0.540 e. The molecular weight excluding hydrogens is 737 g/mol. The molecule has 17 nitrogen and oxygen atoms in total. The fourth-order valence-electron chi connectivity index (χ4n) is 5.49. The van der Waals surface area contributed by atoms with Crippen molar-refractivity contribution in [3.63, 3.8) is 0 Å². The van der Waals surface area contributed by atoms with Crippen LogP contribution >= 0.6 is 0 Å². The van der Waals surface area contributed by atoms with Gasteiger partial charge in [0.15, 0.2) is 0 Å². The minimum absolute atomic E-state index is 0. The van der Waals surface area contributed by atoms with Crippen molar-refractivity contribution >= 4 is 29.0 Å². The third-order valence-electron chi connectivity index (χ3n) is 7.98. The first kappa shape index (κ1) is 43.4. The van der Waals surface area contributed by atoms with Gasteiger partial charge in [0, 0.05) is 67.9 Å². The summed E-state index contributed by atoms with van der Waals surface area (Å²) in [5.41, 5.74) is 10.8. The van der Waals surface area contributed by atoms with Crippen LogP contribution in [0.25, 0.3) is 5.65 Å². The van der Waals surface area contributed by atoms with Crippen molar-refractivity contribution in [3.8, 4) is 11.5 Å². The molecule has 0 saturated carbocycles. The number of fused-ring (bicyclic) bond motifs is 1. The van der Waals surface area contributed by atoms with Crippen molar-refractivity contribution in [2.45, 2.75) is 60.3 Å². The summed E-state index contributed by atoms with van der Waals surface area (Å²) < 4.78 is 33.4. The van der Waals surface area contributed by atoms with Crippen LogP contribution in [0.15, 0.2) is 62.8 Å². The number of carbonyl (C=O) groups excluding carboxylic acids is 3. The zero-order valence-electron chi connectivity index (χ0n) is 32.2. The first-order chi connectivity index (χ1) is 26.4. The summed E-state index contributed by atoms with van der Waals surface area (Å²) in [6, 6.07) is 3.49. The van der Waals surface area contributed by atoms with Crippen LogP contribution in [0.2, 0.25) is 0 Å². The number of hydrogen-bond acceptors (Lipinski definition) is 16.